The van der Waals surface area contributed by atoms with Crippen LogP contribution in [0.5, 0.6) is 0 Å². The van der Waals surface area contributed by atoms with Gasteiger partial charge in [0.2, 0.25) is 0 Å². The Balaban J connectivity index is 0.000000810. The fraction of sp³-hybridized carbons (Fsp3) is 1.00. The van der Waals surface area contributed by atoms with Crippen LogP contribution in [-0.2, 0) is 0 Å². The molecule has 0 radical (unpaired) electrons. The molecule has 1 aliphatic rings. The van der Waals surface area contributed by atoms with Crippen molar-refractivity contribution in [2.45, 2.75) is 32.2 Å². The zero-order valence-electron chi connectivity index (χ0n) is 7.23. The van der Waals surface area contributed by atoms with Gasteiger partial charge in [-0.25, -0.2) is 0 Å². The average Bonchev–Trinajstić information content (AvgIpc) is 1.77. The van der Waals surface area contributed by atoms with Gasteiger partial charge in [0.05, 0.1) is 12.6 Å². The summed E-state index contributed by atoms with van der Waals surface area (Å²) in [5, 5.41) is -0.264. The molecule has 1 nitrogen and oxygen atoms in total. The Labute approximate surface area is 60.2 Å². The van der Waals surface area contributed by atoms with Crippen LogP contribution < -0.4 is 17.7 Å². The van der Waals surface area contributed by atoms with Crippen LogP contribution in [0.2, 0.25) is 2.82 Å². The maximum absolute atomic E-state index is 7.44. The monoisotopic (exact) mass is 137 g/mol. The Morgan fingerprint density at radius 3 is 2.75 bits per heavy atom. The van der Waals surface area contributed by atoms with Crippen molar-refractivity contribution in [3.8, 4) is 0 Å². The molecule has 0 saturated carbocycles. The third-order valence-electron chi connectivity index (χ3n) is 1.47. The number of piperidine rings is 1. The number of halogens is 1. The average molecular weight is 138 g/mol. The molecule has 1 aliphatic heterocycles. The fourth-order valence-corrected chi connectivity index (χ4v) is 0.955. The van der Waals surface area contributed by atoms with Gasteiger partial charge in [0.15, 0.2) is 0 Å². The minimum absolute atomic E-state index is 0. The molecule has 50 valence electrons. The van der Waals surface area contributed by atoms with Crippen LogP contribution in [0.25, 0.3) is 0 Å². The van der Waals surface area contributed by atoms with Crippen molar-refractivity contribution in [1.82, 2.24) is 0 Å². The predicted octanol–water partition coefficient (Wildman–Crippen LogP) is -2.87. The van der Waals surface area contributed by atoms with Crippen molar-refractivity contribution in [1.29, 1.82) is 0 Å². The van der Waals surface area contributed by atoms with Gasteiger partial charge in [0.1, 0.15) is 0 Å². The molecule has 0 aromatic carbocycles. The molecule has 0 bridgehead atoms. The van der Waals surface area contributed by atoms with Crippen LogP contribution >= 0.6 is 0 Å². The lowest BCUT2D eigenvalue weighted by molar-refractivity contribution is -0.694. The van der Waals surface area contributed by atoms with E-state index >= 15 is 0 Å². The number of hydrogen-bond donors (Lipinski definition) is 1. The fourth-order valence-electron chi connectivity index (χ4n) is 0.955. The van der Waals surface area contributed by atoms with Gasteiger partial charge in [-0.15, -0.1) is 0 Å². The van der Waals surface area contributed by atoms with Gasteiger partial charge in [0, 0.05) is 0 Å². The lowest BCUT2D eigenvalue weighted by Crippen LogP contribution is -3.00. The number of rotatable bonds is 0. The second-order valence-electron chi connectivity index (χ2n) is 2.25. The second kappa shape index (κ2) is 4.16. The first-order valence-corrected chi connectivity index (χ1v) is 3.06. The van der Waals surface area contributed by atoms with Crippen LogP contribution in [-0.4, -0.2) is 12.6 Å². The molecule has 1 rings (SSSR count). The van der Waals surface area contributed by atoms with Crippen LogP contribution in [0.4, 0.5) is 0 Å². The Morgan fingerprint density at radius 2 is 2.38 bits per heavy atom. The molecule has 2 N–H and O–H groups in total. The highest BCUT2D eigenvalue weighted by Gasteiger charge is 2.08. The van der Waals surface area contributed by atoms with Gasteiger partial charge in [0.25, 0.3) is 0 Å². The van der Waals surface area contributed by atoms with Crippen molar-refractivity contribution in [2.24, 2.45) is 0 Å². The van der Waals surface area contributed by atoms with Crippen molar-refractivity contribution in [3.63, 3.8) is 0 Å². The van der Waals surface area contributed by atoms with E-state index in [9.17, 15) is 0 Å². The van der Waals surface area contributed by atoms with Gasteiger partial charge >= 0.3 is 2.82 Å². The van der Waals surface area contributed by atoms with Crippen molar-refractivity contribution >= 4 is 0 Å². The highest BCUT2D eigenvalue weighted by Crippen LogP contribution is 1.98. The Bertz CT molecular complexity index is 108. The van der Waals surface area contributed by atoms with Crippen molar-refractivity contribution in [2.75, 3.05) is 6.54 Å². The summed E-state index contributed by atoms with van der Waals surface area (Å²) in [6.45, 7) is 2.69. The first-order chi connectivity index (χ1) is 4.13. The molecule has 2 heteroatoms. The van der Waals surface area contributed by atoms with E-state index in [2.05, 4.69) is 0 Å². The molecular formula is C6H14ClN. The van der Waals surface area contributed by atoms with Gasteiger partial charge in [-0.2, -0.15) is 0 Å². The van der Waals surface area contributed by atoms with E-state index in [0.29, 0.717) is 6.54 Å². The third-order valence-corrected chi connectivity index (χ3v) is 1.47. The molecule has 0 unspecified atom stereocenters. The molecule has 1 saturated heterocycles. The molecule has 1 fully saturated rings. The first-order valence-electron chi connectivity index (χ1n) is 3.95. The summed E-state index contributed by atoms with van der Waals surface area (Å²) in [6, 6.07) is 0.221. The first kappa shape index (κ1) is 5.07. The van der Waals surface area contributed by atoms with Gasteiger partial charge < -0.3 is 17.7 Å². The Kier molecular flexibility index (Phi) is 2.64. The summed E-state index contributed by atoms with van der Waals surface area (Å²) in [4.78, 5) is 0. The molecule has 0 amide bonds. The number of quaternary nitrogens is 1. The lowest BCUT2D eigenvalue weighted by Gasteiger charge is -2.14. The second-order valence-corrected chi connectivity index (χ2v) is 2.25. The maximum Gasteiger partial charge on any atom is 0.346 e. The minimum Gasteiger partial charge on any atom is -1.00 e. The largest absolute Gasteiger partial charge is 1.00 e. The summed E-state index contributed by atoms with van der Waals surface area (Å²) in [5.74, 6) is 0. The molecule has 1 heterocycles. The van der Waals surface area contributed by atoms with E-state index in [1.165, 1.54) is 6.42 Å². The highest BCUT2D eigenvalue weighted by atomic mass is 35.5. The van der Waals surface area contributed by atoms with Crippen molar-refractivity contribution < 1.29 is 20.5 Å². The third kappa shape index (κ3) is 2.53. The molecule has 1 atom stereocenters. The van der Waals surface area contributed by atoms with Crippen LogP contribution in [0.15, 0.2) is 0 Å². The highest BCUT2D eigenvalue weighted by molar-refractivity contribution is 4.50. The minimum atomic E-state index is -0.264. The number of hydrogen-bond acceptors (Lipinski definition) is 0. The van der Waals surface area contributed by atoms with E-state index in [0.717, 1.165) is 12.8 Å². The van der Waals surface area contributed by atoms with E-state index < -0.39 is 0 Å². The SMILES string of the molecule is [2H][N+]1([2H])CCCC[C@@H]1C.[Cl-]. The Hall–Kier alpha value is 0.250. The van der Waals surface area contributed by atoms with Crippen molar-refractivity contribution in [3.05, 3.63) is 0 Å². The topological polar surface area (TPSA) is 16.6 Å². The summed E-state index contributed by atoms with van der Waals surface area (Å²) in [7, 11) is 0. The summed E-state index contributed by atoms with van der Waals surface area (Å²) < 4.78 is 14.9. The van der Waals surface area contributed by atoms with E-state index in [1.54, 1.807) is 0 Å². The van der Waals surface area contributed by atoms with Gasteiger partial charge in [-0.05, 0) is 26.2 Å². The summed E-state index contributed by atoms with van der Waals surface area (Å²) >= 11 is 0. The summed E-state index contributed by atoms with van der Waals surface area (Å²) in [5.41, 5.74) is 0. The molecule has 0 spiro atoms. The summed E-state index contributed by atoms with van der Waals surface area (Å²) in [6.07, 6.45) is 3.31. The zero-order chi connectivity index (χ0) is 6.91. The lowest BCUT2D eigenvalue weighted by atomic mass is 10.1. The predicted molar refractivity (Wildman–Crippen MR) is 30.1 cm³/mol. The van der Waals surface area contributed by atoms with Crippen LogP contribution in [0.3, 0.4) is 0 Å². The van der Waals surface area contributed by atoms with Gasteiger partial charge in [-0.3, -0.25) is 0 Å². The quantitative estimate of drug-likeness (QED) is 0.370. The maximum atomic E-state index is 7.44. The van der Waals surface area contributed by atoms with E-state index in [1.807, 2.05) is 6.92 Å². The standard InChI is InChI=1S/C6H13N.ClH/c1-6-4-2-3-5-7-6;/h6-7H,2-5H2,1H3;1H/t6-;/m0./s1/i/hD2. The zero-order valence-corrected chi connectivity index (χ0v) is 5.99. The smallest absolute Gasteiger partial charge is 0.346 e. The van der Waals surface area contributed by atoms with Gasteiger partial charge in [-0.1, -0.05) is 0 Å². The Morgan fingerprint density at radius 1 is 1.62 bits per heavy atom. The van der Waals surface area contributed by atoms with Crippen LogP contribution in [0, 0.1) is 0 Å². The number of nitrogens with two attached hydrogens (primary N) is 1. The molecule has 0 aromatic heterocycles. The van der Waals surface area contributed by atoms with Crippen LogP contribution in [0.1, 0.15) is 26.2 Å². The molecule has 0 aliphatic carbocycles. The molecule has 8 heavy (non-hydrogen) atoms. The normalized spacial score (nSPS) is 38.9. The van der Waals surface area contributed by atoms with E-state index in [-0.39, 0.29) is 23.8 Å². The molecule has 0 aromatic rings. The van der Waals surface area contributed by atoms with E-state index in [4.69, 9.17) is 2.82 Å². The molecular weight excluding hydrogens is 122 g/mol.